The molecule has 0 spiro atoms. The zero-order valence-corrected chi connectivity index (χ0v) is 18.9. The fraction of sp³-hybridized carbons (Fsp3) is 0.125. The summed E-state index contributed by atoms with van der Waals surface area (Å²) in [6, 6.07) is 35.5. The third kappa shape index (κ3) is 2.35. The van der Waals surface area contributed by atoms with Gasteiger partial charge >= 0.3 is 0 Å². The number of benzene rings is 4. The zero-order chi connectivity index (χ0) is 22.2. The highest BCUT2D eigenvalue weighted by Gasteiger charge is 2.35. The van der Waals surface area contributed by atoms with Gasteiger partial charge in [-0.25, -0.2) is 0 Å². The minimum Gasteiger partial charge on any atom is -0.313 e. The van der Waals surface area contributed by atoms with E-state index >= 15 is 0 Å². The molecular formula is C32H24N2. The number of aromatic nitrogens is 2. The average molecular weight is 437 g/mol. The molecule has 0 fully saturated rings. The van der Waals surface area contributed by atoms with Gasteiger partial charge in [-0.05, 0) is 43.0 Å². The van der Waals surface area contributed by atoms with E-state index in [1.165, 1.54) is 67.8 Å². The molecule has 0 saturated carbocycles. The van der Waals surface area contributed by atoms with Crippen LogP contribution in [-0.2, 0) is 0 Å². The van der Waals surface area contributed by atoms with Crippen molar-refractivity contribution in [2.24, 2.45) is 11.8 Å². The molecule has 0 atom stereocenters. The van der Waals surface area contributed by atoms with Gasteiger partial charge in [-0.3, -0.25) is 0 Å². The summed E-state index contributed by atoms with van der Waals surface area (Å²) >= 11 is 0. The highest BCUT2D eigenvalue weighted by molar-refractivity contribution is 6.12. The van der Waals surface area contributed by atoms with E-state index in [-0.39, 0.29) is 0 Å². The Morgan fingerprint density at radius 2 is 0.794 bits per heavy atom. The van der Waals surface area contributed by atoms with Gasteiger partial charge in [0.25, 0.3) is 0 Å². The smallest absolute Gasteiger partial charge is 0.0537 e. The molecular weight excluding hydrogens is 412 g/mol. The van der Waals surface area contributed by atoms with E-state index in [1.54, 1.807) is 0 Å². The van der Waals surface area contributed by atoms with Crippen LogP contribution in [0.5, 0.6) is 0 Å². The van der Waals surface area contributed by atoms with Crippen LogP contribution in [0, 0.1) is 11.8 Å². The SMILES string of the molecule is C1=C(n2c3ccccc3c3ccccc32)C2CCC1C=C2n1c2ccccc2c2ccccc21. The second-order valence-electron chi connectivity index (χ2n) is 9.72. The first kappa shape index (κ1) is 18.4. The van der Waals surface area contributed by atoms with Crippen LogP contribution in [0.2, 0.25) is 0 Å². The molecule has 2 heteroatoms. The van der Waals surface area contributed by atoms with E-state index in [9.17, 15) is 0 Å². The standard InChI is InChI=1S/C32H24N2/c1-5-13-27-22(9-1)23-10-2-6-14-28(23)33(27)31-19-21-17-18-26(31)32(20-21)34-29-15-7-3-11-24(29)25-12-4-8-16-30(25)34/h1-16,19-21,26H,17-18H2. The summed E-state index contributed by atoms with van der Waals surface area (Å²) in [5, 5.41) is 5.34. The van der Waals surface area contributed by atoms with Crippen LogP contribution < -0.4 is 0 Å². The van der Waals surface area contributed by atoms with E-state index in [0.29, 0.717) is 11.8 Å². The molecule has 0 amide bonds. The van der Waals surface area contributed by atoms with Gasteiger partial charge < -0.3 is 9.13 Å². The Morgan fingerprint density at radius 3 is 1.15 bits per heavy atom. The van der Waals surface area contributed by atoms with Crippen LogP contribution in [0.3, 0.4) is 0 Å². The van der Waals surface area contributed by atoms with Crippen molar-refractivity contribution in [3.05, 3.63) is 109 Å². The molecule has 0 aliphatic heterocycles. The Kier molecular flexibility index (Phi) is 3.65. The molecule has 3 aliphatic rings. The monoisotopic (exact) mass is 436 g/mol. The maximum atomic E-state index is 2.54. The van der Waals surface area contributed by atoms with Crippen molar-refractivity contribution in [3.63, 3.8) is 0 Å². The fourth-order valence-electron chi connectivity index (χ4n) is 6.55. The third-order valence-corrected chi connectivity index (χ3v) is 7.95. The lowest BCUT2D eigenvalue weighted by atomic mass is 9.76. The van der Waals surface area contributed by atoms with E-state index in [4.69, 9.17) is 0 Å². The molecule has 9 rings (SSSR count). The normalized spacial score (nSPS) is 19.9. The lowest BCUT2D eigenvalue weighted by molar-refractivity contribution is 0.531. The van der Waals surface area contributed by atoms with Crippen LogP contribution in [0.1, 0.15) is 12.8 Å². The lowest BCUT2D eigenvalue weighted by Crippen LogP contribution is -2.25. The van der Waals surface area contributed by atoms with E-state index in [2.05, 4.69) is 118 Å². The van der Waals surface area contributed by atoms with Gasteiger partial charge in [0.05, 0.1) is 22.1 Å². The Hall–Kier alpha value is -4.04. The van der Waals surface area contributed by atoms with Crippen molar-refractivity contribution < 1.29 is 0 Å². The summed E-state index contributed by atoms with van der Waals surface area (Å²) in [5.41, 5.74) is 8.11. The lowest BCUT2D eigenvalue weighted by Gasteiger charge is -2.37. The van der Waals surface area contributed by atoms with E-state index < -0.39 is 0 Å². The summed E-state index contributed by atoms with van der Waals surface area (Å²) in [4.78, 5) is 0. The first-order chi connectivity index (χ1) is 16.9. The van der Waals surface area contributed by atoms with Gasteiger partial charge in [0.1, 0.15) is 0 Å². The third-order valence-electron chi connectivity index (χ3n) is 7.95. The number of nitrogens with zero attached hydrogens (tertiary/aromatic N) is 2. The maximum Gasteiger partial charge on any atom is 0.0537 e. The second-order valence-corrected chi connectivity index (χ2v) is 9.72. The predicted octanol–water partition coefficient (Wildman–Crippen LogP) is 8.32. The number of fused-ring (bicyclic) bond motifs is 7. The molecule has 2 nitrogen and oxygen atoms in total. The molecule has 2 bridgehead atoms. The van der Waals surface area contributed by atoms with Gasteiger partial charge in [0.2, 0.25) is 0 Å². The van der Waals surface area contributed by atoms with Crippen molar-refractivity contribution in [3.8, 4) is 0 Å². The molecule has 6 aromatic rings. The predicted molar refractivity (Wildman–Crippen MR) is 144 cm³/mol. The largest absolute Gasteiger partial charge is 0.313 e. The number of para-hydroxylation sites is 4. The minimum atomic E-state index is 0.364. The minimum absolute atomic E-state index is 0.364. The summed E-state index contributed by atoms with van der Waals surface area (Å²) in [6.45, 7) is 0. The van der Waals surface area contributed by atoms with Gasteiger partial charge in [0.15, 0.2) is 0 Å². The number of hydrogen-bond acceptors (Lipinski definition) is 0. The number of allylic oxidation sites excluding steroid dienone is 4. The Morgan fingerprint density at radius 1 is 0.441 bits per heavy atom. The average Bonchev–Trinajstić information content (AvgIpc) is 3.42. The topological polar surface area (TPSA) is 9.86 Å². The van der Waals surface area contributed by atoms with Crippen molar-refractivity contribution >= 4 is 55.0 Å². The molecule has 2 aromatic heterocycles. The number of hydrogen-bond donors (Lipinski definition) is 0. The molecule has 4 aromatic carbocycles. The summed E-state index contributed by atoms with van der Waals surface area (Å²) in [7, 11) is 0. The van der Waals surface area contributed by atoms with Crippen LogP contribution in [-0.4, -0.2) is 9.13 Å². The first-order valence-electron chi connectivity index (χ1n) is 12.3. The second kappa shape index (κ2) is 6.74. The van der Waals surface area contributed by atoms with Crippen LogP contribution in [0.25, 0.3) is 55.0 Å². The first-order valence-corrected chi connectivity index (χ1v) is 12.3. The highest BCUT2D eigenvalue weighted by atomic mass is 15.1. The Balaban J connectivity index is 1.40. The quantitative estimate of drug-likeness (QED) is 0.258. The van der Waals surface area contributed by atoms with E-state index in [0.717, 1.165) is 0 Å². The van der Waals surface area contributed by atoms with Crippen LogP contribution in [0.4, 0.5) is 0 Å². The molecule has 0 unspecified atom stereocenters. The van der Waals surface area contributed by atoms with Crippen LogP contribution in [0.15, 0.2) is 109 Å². The van der Waals surface area contributed by atoms with Crippen molar-refractivity contribution in [2.75, 3.05) is 0 Å². The zero-order valence-electron chi connectivity index (χ0n) is 18.9. The van der Waals surface area contributed by atoms with Gasteiger partial charge in [-0.2, -0.15) is 0 Å². The fourth-order valence-corrected chi connectivity index (χ4v) is 6.55. The van der Waals surface area contributed by atoms with Gasteiger partial charge in [0, 0.05) is 38.9 Å². The van der Waals surface area contributed by atoms with Crippen LogP contribution >= 0.6 is 0 Å². The van der Waals surface area contributed by atoms with Gasteiger partial charge in [-0.1, -0.05) is 84.9 Å². The highest BCUT2D eigenvalue weighted by Crippen LogP contribution is 2.49. The molecule has 162 valence electrons. The number of rotatable bonds is 2. The summed E-state index contributed by atoms with van der Waals surface area (Å²) in [5.74, 6) is 0.832. The molecule has 3 aliphatic carbocycles. The van der Waals surface area contributed by atoms with Crippen molar-refractivity contribution in [1.29, 1.82) is 0 Å². The molecule has 34 heavy (non-hydrogen) atoms. The maximum absolute atomic E-state index is 2.54. The summed E-state index contributed by atoms with van der Waals surface area (Å²) in [6.07, 6.45) is 7.48. The molecule has 0 N–H and O–H groups in total. The summed E-state index contributed by atoms with van der Waals surface area (Å²) < 4.78 is 5.09. The molecule has 2 heterocycles. The van der Waals surface area contributed by atoms with Crippen molar-refractivity contribution in [1.82, 2.24) is 9.13 Å². The van der Waals surface area contributed by atoms with E-state index in [1.807, 2.05) is 0 Å². The van der Waals surface area contributed by atoms with Gasteiger partial charge in [-0.15, -0.1) is 0 Å². The molecule has 0 radical (unpaired) electrons. The molecule has 0 saturated heterocycles. The Labute approximate surface area is 198 Å². The van der Waals surface area contributed by atoms with Crippen molar-refractivity contribution in [2.45, 2.75) is 12.8 Å². The Bertz CT molecular complexity index is 1590.